The van der Waals surface area contributed by atoms with Crippen molar-refractivity contribution in [2.45, 2.75) is 6.54 Å². The molecule has 0 saturated heterocycles. The van der Waals surface area contributed by atoms with Crippen molar-refractivity contribution >= 4 is 12.4 Å². The Kier molecular flexibility index (Phi) is 2.66. The van der Waals surface area contributed by atoms with Crippen LogP contribution < -0.4 is 10.5 Å². The molecule has 0 aliphatic rings. The lowest BCUT2D eigenvalue weighted by atomic mass is 10.2. The molecule has 0 fully saturated rings. The average molecular weight is 178 g/mol. The number of methoxy groups -OCH3 is 1. The molecule has 0 radical (unpaired) electrons. The van der Waals surface area contributed by atoms with Crippen LogP contribution in [0.5, 0.6) is 5.75 Å². The van der Waals surface area contributed by atoms with Crippen LogP contribution in [0.1, 0.15) is 9.68 Å². The summed E-state index contributed by atoms with van der Waals surface area (Å²) < 4.78 is 25.2. The monoisotopic (exact) mass is 177 g/mol. The van der Waals surface area contributed by atoms with E-state index in [9.17, 15) is 0 Å². The van der Waals surface area contributed by atoms with Crippen molar-refractivity contribution in [1.29, 1.82) is 0 Å². The molecule has 0 heterocycles. The number of rotatable bonds is 2. The summed E-state index contributed by atoms with van der Waals surface area (Å²) in [5, 5.41) is 0. The van der Waals surface area contributed by atoms with Gasteiger partial charge in [0.15, 0.2) is 0 Å². The molecule has 1 aromatic rings. The van der Waals surface area contributed by atoms with Gasteiger partial charge in [0.1, 0.15) is 5.75 Å². The third-order valence-electron chi connectivity index (χ3n) is 1.28. The van der Waals surface area contributed by atoms with Gasteiger partial charge in [-0.25, -0.2) is 0 Å². The summed E-state index contributed by atoms with van der Waals surface area (Å²) in [4.78, 5) is 0. The van der Waals surface area contributed by atoms with Gasteiger partial charge >= 0.3 is 0 Å². The van der Waals surface area contributed by atoms with E-state index in [1.807, 2.05) is 0 Å². The molecule has 2 nitrogen and oxygen atoms in total. The molecule has 0 bridgehead atoms. The van der Waals surface area contributed by atoms with E-state index in [4.69, 9.17) is 9.85 Å². The Morgan fingerprint density at radius 3 is 2.55 bits per heavy atom. The summed E-state index contributed by atoms with van der Waals surface area (Å²) in [6, 6.07) is 6.66. The van der Waals surface area contributed by atoms with E-state index < -0.39 is 7.04 Å². The van der Waals surface area contributed by atoms with Crippen LogP contribution in [0.2, 0.25) is 0 Å². The topological polar surface area (TPSA) is 35.2 Å². The lowest BCUT2D eigenvalue weighted by Gasteiger charge is -1.99. The summed E-state index contributed by atoms with van der Waals surface area (Å²) >= 11 is 0. The quantitative estimate of drug-likeness (QED) is 0.697. The first-order valence-corrected chi connectivity index (χ1v) is 2.99. The number of hydrogen-bond acceptors (Lipinski definition) is 2. The van der Waals surface area contributed by atoms with Crippen molar-refractivity contribution in [2.75, 3.05) is 7.04 Å². The van der Waals surface area contributed by atoms with Crippen LogP contribution in [0.4, 0.5) is 0 Å². The highest BCUT2D eigenvalue weighted by atomic mass is 35.5. The summed E-state index contributed by atoms with van der Waals surface area (Å²) in [5.41, 5.74) is 6.32. The van der Waals surface area contributed by atoms with Crippen LogP contribution in [-0.4, -0.2) is 7.04 Å². The van der Waals surface area contributed by atoms with Gasteiger partial charge in [0, 0.05) is 6.54 Å². The van der Waals surface area contributed by atoms with E-state index in [2.05, 4.69) is 4.74 Å². The zero-order valence-electron chi connectivity index (χ0n) is 8.91. The Morgan fingerprint density at radius 2 is 2.09 bits per heavy atom. The predicted octanol–water partition coefficient (Wildman–Crippen LogP) is 1.58. The molecular formula is C8H12ClNO. The maximum absolute atomic E-state index is 6.85. The maximum atomic E-state index is 6.85. The number of halogens is 1. The number of hydrogen-bond donors (Lipinski definition) is 1. The normalized spacial score (nSPS) is 13.7. The van der Waals surface area contributed by atoms with E-state index in [-0.39, 0.29) is 12.4 Å². The molecule has 0 aromatic heterocycles. The van der Waals surface area contributed by atoms with Gasteiger partial charge in [0.05, 0.1) is 11.2 Å². The Balaban J connectivity index is 0.00000169. The van der Waals surface area contributed by atoms with Crippen LogP contribution in [0.25, 0.3) is 0 Å². The third kappa shape index (κ3) is 2.78. The van der Waals surface area contributed by atoms with Crippen LogP contribution >= 0.6 is 12.4 Å². The standard InChI is InChI=1S/C8H11NO.ClH/c1-10-8-4-2-7(6-9)3-5-8;/h2-5H,6,9H2,1H3;1H/i1+1D3;. The summed E-state index contributed by atoms with van der Waals surface area (Å²) in [7, 11) is -2.38. The zero-order chi connectivity index (χ0) is 9.90. The Hall–Kier alpha value is -0.730. The number of ether oxygens (including phenoxy) is 1. The van der Waals surface area contributed by atoms with Crippen LogP contribution in [0.3, 0.4) is 0 Å². The van der Waals surface area contributed by atoms with Crippen molar-refractivity contribution in [1.82, 2.24) is 0 Å². The largest absolute Gasteiger partial charge is 0.497 e. The second-order valence-electron chi connectivity index (χ2n) is 1.95. The van der Waals surface area contributed by atoms with E-state index in [1.165, 1.54) is 0 Å². The minimum atomic E-state index is -2.38. The Bertz CT molecular complexity index is 273. The number of nitrogens with two attached hydrogens (primary N) is 1. The second kappa shape index (κ2) is 4.99. The molecular weight excluding hydrogens is 163 g/mol. The first-order valence-electron chi connectivity index (χ1n) is 4.49. The van der Waals surface area contributed by atoms with Gasteiger partial charge in [0.2, 0.25) is 0 Å². The molecule has 0 atom stereocenters. The van der Waals surface area contributed by atoms with Gasteiger partial charge in [0.25, 0.3) is 0 Å². The molecule has 0 aliphatic heterocycles. The molecule has 0 unspecified atom stereocenters. The molecule has 62 valence electrons. The van der Waals surface area contributed by atoms with Crippen LogP contribution in [0.15, 0.2) is 24.3 Å². The lowest BCUT2D eigenvalue weighted by Crippen LogP contribution is -1.95. The van der Waals surface area contributed by atoms with E-state index in [0.29, 0.717) is 12.3 Å². The SMILES string of the molecule is Cl.[2H][13C]([2H])([2H])Oc1ccc(CN)cc1. The van der Waals surface area contributed by atoms with Crippen molar-refractivity contribution in [3.8, 4) is 5.75 Å². The van der Waals surface area contributed by atoms with Gasteiger partial charge in [-0.1, -0.05) is 12.1 Å². The fourth-order valence-electron chi connectivity index (χ4n) is 0.694. The fourth-order valence-corrected chi connectivity index (χ4v) is 0.694. The summed E-state index contributed by atoms with van der Waals surface area (Å²) in [6.07, 6.45) is 0. The van der Waals surface area contributed by atoms with Gasteiger partial charge < -0.3 is 10.5 Å². The van der Waals surface area contributed by atoms with Crippen molar-refractivity contribution < 1.29 is 8.85 Å². The Morgan fingerprint density at radius 1 is 1.45 bits per heavy atom. The van der Waals surface area contributed by atoms with E-state index in [0.717, 1.165) is 5.56 Å². The molecule has 1 aromatic carbocycles. The smallest absolute Gasteiger partial charge is 0.118 e. The highest BCUT2D eigenvalue weighted by Gasteiger charge is 1.89. The first kappa shape index (κ1) is 5.86. The van der Waals surface area contributed by atoms with Gasteiger partial charge in [-0.05, 0) is 17.7 Å². The Labute approximate surface area is 77.0 Å². The molecule has 0 saturated carbocycles. The average Bonchev–Trinajstić information content (AvgIpc) is 2.03. The third-order valence-corrected chi connectivity index (χ3v) is 1.28. The predicted molar refractivity (Wildman–Crippen MR) is 48.1 cm³/mol. The molecule has 1 rings (SSSR count). The minimum absolute atomic E-state index is 0. The van der Waals surface area contributed by atoms with Crippen molar-refractivity contribution in [2.24, 2.45) is 5.73 Å². The summed E-state index contributed by atoms with van der Waals surface area (Å²) in [6.45, 7) is 0.439. The van der Waals surface area contributed by atoms with Gasteiger partial charge in [-0.3, -0.25) is 0 Å². The van der Waals surface area contributed by atoms with Crippen LogP contribution in [-0.2, 0) is 6.54 Å². The zero-order valence-corrected chi connectivity index (χ0v) is 6.73. The maximum Gasteiger partial charge on any atom is 0.118 e. The lowest BCUT2D eigenvalue weighted by molar-refractivity contribution is 0.414. The second-order valence-corrected chi connectivity index (χ2v) is 1.95. The molecule has 11 heavy (non-hydrogen) atoms. The van der Waals surface area contributed by atoms with Crippen molar-refractivity contribution in [3.63, 3.8) is 0 Å². The van der Waals surface area contributed by atoms with E-state index >= 15 is 0 Å². The molecule has 2 N–H and O–H groups in total. The number of benzene rings is 1. The first-order chi connectivity index (χ1) is 6.01. The molecule has 0 spiro atoms. The van der Waals surface area contributed by atoms with Gasteiger partial charge in [-0.2, -0.15) is 0 Å². The van der Waals surface area contributed by atoms with E-state index in [1.54, 1.807) is 24.3 Å². The minimum Gasteiger partial charge on any atom is -0.497 e. The molecule has 0 amide bonds. The summed E-state index contributed by atoms with van der Waals surface area (Å²) in [5.74, 6) is 0.331. The van der Waals surface area contributed by atoms with Crippen molar-refractivity contribution in [3.05, 3.63) is 29.8 Å². The fraction of sp³-hybridized carbons (Fsp3) is 0.250. The van der Waals surface area contributed by atoms with Crippen LogP contribution in [0, 0.1) is 0 Å². The highest BCUT2D eigenvalue weighted by Crippen LogP contribution is 2.09. The van der Waals surface area contributed by atoms with Gasteiger partial charge in [-0.15, -0.1) is 12.4 Å². The molecule has 0 aliphatic carbocycles. The highest BCUT2D eigenvalue weighted by molar-refractivity contribution is 5.85. The molecule has 3 heteroatoms.